The van der Waals surface area contributed by atoms with E-state index in [4.69, 9.17) is 0 Å². The van der Waals surface area contributed by atoms with Crippen LogP contribution in [-0.2, 0) is 6.54 Å². The molecule has 2 aliphatic rings. The Morgan fingerprint density at radius 3 is 2.63 bits per heavy atom. The molecule has 0 aromatic carbocycles. The topological polar surface area (TPSA) is 67.2 Å². The van der Waals surface area contributed by atoms with Gasteiger partial charge in [0.1, 0.15) is 12.0 Å². The summed E-state index contributed by atoms with van der Waals surface area (Å²) in [4.78, 5) is 24.7. The first-order chi connectivity index (χ1) is 13.2. The third kappa shape index (κ3) is 2.73. The quantitative estimate of drug-likeness (QED) is 0.714. The van der Waals surface area contributed by atoms with Gasteiger partial charge in [-0.3, -0.25) is 9.78 Å². The van der Waals surface area contributed by atoms with Crippen LogP contribution in [0.1, 0.15) is 22.5 Å². The fourth-order valence-corrected chi connectivity index (χ4v) is 3.56. The maximum absolute atomic E-state index is 13.4. The van der Waals surface area contributed by atoms with Crippen LogP contribution in [0.5, 0.6) is 0 Å². The lowest BCUT2D eigenvalue weighted by Crippen LogP contribution is -2.23. The average molecular weight is 364 g/mol. The van der Waals surface area contributed by atoms with E-state index in [-0.39, 0.29) is 5.91 Å². The molecule has 0 saturated carbocycles. The minimum absolute atomic E-state index is 0.0712. The van der Waals surface area contributed by atoms with Crippen molar-refractivity contribution < 1.29 is 9.18 Å². The van der Waals surface area contributed by atoms with Gasteiger partial charge in [0.25, 0.3) is 5.91 Å². The molecule has 1 unspecified atom stereocenters. The number of hydrogen-bond donors (Lipinski definition) is 0. The molecular formula is C19H17FN6O. The van der Waals surface area contributed by atoms with E-state index in [1.807, 2.05) is 17.0 Å². The van der Waals surface area contributed by atoms with Crippen LogP contribution in [-0.4, -0.2) is 44.9 Å². The van der Waals surface area contributed by atoms with E-state index in [0.717, 1.165) is 22.9 Å². The number of anilines is 2. The zero-order valence-corrected chi connectivity index (χ0v) is 14.5. The molecule has 0 radical (unpaired) electrons. The number of amides is 1. The number of pyridine rings is 2. The fraction of sp³-hybridized carbons (Fsp3) is 0.263. The molecular weight excluding hydrogens is 347 g/mol. The third-order valence-electron chi connectivity index (χ3n) is 5.00. The van der Waals surface area contributed by atoms with E-state index >= 15 is 0 Å². The zero-order valence-electron chi connectivity index (χ0n) is 14.5. The van der Waals surface area contributed by atoms with E-state index in [2.05, 4.69) is 15.1 Å². The first-order valence-electron chi connectivity index (χ1n) is 8.85. The van der Waals surface area contributed by atoms with Gasteiger partial charge in [0, 0.05) is 30.8 Å². The van der Waals surface area contributed by atoms with Crippen molar-refractivity contribution in [3.63, 3.8) is 0 Å². The summed E-state index contributed by atoms with van der Waals surface area (Å²) < 4.78 is 15.0. The number of halogens is 1. The van der Waals surface area contributed by atoms with Crippen molar-refractivity contribution in [2.24, 2.45) is 0 Å². The van der Waals surface area contributed by atoms with Crippen LogP contribution in [0.3, 0.4) is 0 Å². The molecule has 0 bridgehead atoms. The lowest BCUT2D eigenvalue weighted by Gasteiger charge is -2.16. The van der Waals surface area contributed by atoms with E-state index in [1.54, 1.807) is 46.5 Å². The van der Waals surface area contributed by atoms with Crippen LogP contribution in [0.2, 0.25) is 0 Å². The SMILES string of the molecule is O=C1c2cn(-c3ccc(N4CCC(F)C4)nc3)nc2CN1c1ccncc1. The average Bonchev–Trinajstić information content (AvgIpc) is 3.39. The van der Waals surface area contributed by atoms with Gasteiger partial charge in [0.05, 0.1) is 36.2 Å². The number of nitrogens with zero attached hydrogens (tertiary/aromatic N) is 6. The number of carbonyl (C=O) groups excluding carboxylic acids is 1. The number of alkyl halides is 1. The van der Waals surface area contributed by atoms with Crippen molar-refractivity contribution in [1.82, 2.24) is 19.7 Å². The standard InChI is InChI=1S/C19H17FN6O/c20-13-5-8-24(10-13)18-2-1-15(9-22-18)26-11-16-17(23-26)12-25(19(16)27)14-3-6-21-7-4-14/h1-4,6-7,9,11,13H,5,8,10,12H2. The van der Waals surface area contributed by atoms with E-state index < -0.39 is 6.17 Å². The van der Waals surface area contributed by atoms with Crippen LogP contribution in [0.25, 0.3) is 5.69 Å². The monoisotopic (exact) mass is 364 g/mol. The summed E-state index contributed by atoms with van der Waals surface area (Å²) in [7, 11) is 0. The van der Waals surface area contributed by atoms with Crippen LogP contribution >= 0.6 is 0 Å². The summed E-state index contributed by atoms with van der Waals surface area (Å²) >= 11 is 0. The Morgan fingerprint density at radius 2 is 1.96 bits per heavy atom. The van der Waals surface area contributed by atoms with Gasteiger partial charge < -0.3 is 9.80 Å². The Hall–Kier alpha value is -3.29. The molecule has 2 aliphatic heterocycles. The van der Waals surface area contributed by atoms with Gasteiger partial charge in [-0.25, -0.2) is 14.1 Å². The number of rotatable bonds is 3. The van der Waals surface area contributed by atoms with Crippen LogP contribution in [0, 0.1) is 0 Å². The van der Waals surface area contributed by atoms with Crippen molar-refractivity contribution in [2.75, 3.05) is 22.9 Å². The molecule has 1 fully saturated rings. The summed E-state index contributed by atoms with van der Waals surface area (Å²) in [6.07, 6.45) is 6.54. The van der Waals surface area contributed by atoms with Gasteiger partial charge in [0.2, 0.25) is 0 Å². The predicted octanol–water partition coefficient (Wildman–Crippen LogP) is 2.37. The smallest absolute Gasteiger partial charge is 0.262 e. The molecule has 1 saturated heterocycles. The maximum Gasteiger partial charge on any atom is 0.262 e. The highest BCUT2D eigenvalue weighted by molar-refractivity contribution is 6.09. The van der Waals surface area contributed by atoms with Gasteiger partial charge in [-0.2, -0.15) is 5.10 Å². The molecule has 1 amide bonds. The Bertz CT molecular complexity index is 987. The molecule has 0 spiro atoms. The van der Waals surface area contributed by atoms with E-state index in [9.17, 15) is 9.18 Å². The Labute approximate surface area is 155 Å². The normalized spacial score (nSPS) is 19.0. The molecule has 5 heterocycles. The Balaban J connectivity index is 1.37. The predicted molar refractivity (Wildman–Crippen MR) is 97.8 cm³/mol. The summed E-state index contributed by atoms with van der Waals surface area (Å²) in [5.74, 6) is 0.691. The zero-order chi connectivity index (χ0) is 18.4. The molecule has 136 valence electrons. The van der Waals surface area contributed by atoms with Crippen LogP contribution < -0.4 is 9.80 Å². The summed E-state index contributed by atoms with van der Waals surface area (Å²) in [6.45, 7) is 1.51. The second kappa shape index (κ2) is 6.15. The van der Waals surface area contributed by atoms with Gasteiger partial charge in [-0.1, -0.05) is 0 Å². The number of hydrogen-bond acceptors (Lipinski definition) is 5. The highest BCUT2D eigenvalue weighted by Crippen LogP contribution is 2.28. The van der Waals surface area contributed by atoms with Crippen molar-refractivity contribution in [3.05, 3.63) is 60.3 Å². The molecule has 7 nitrogen and oxygen atoms in total. The Kier molecular flexibility index (Phi) is 3.63. The molecule has 1 atom stereocenters. The Morgan fingerprint density at radius 1 is 1.11 bits per heavy atom. The summed E-state index contributed by atoms with van der Waals surface area (Å²) in [5, 5.41) is 4.55. The van der Waals surface area contributed by atoms with E-state index in [1.165, 1.54) is 0 Å². The molecule has 8 heteroatoms. The van der Waals surface area contributed by atoms with Crippen LogP contribution in [0.4, 0.5) is 15.9 Å². The van der Waals surface area contributed by atoms with Crippen molar-refractivity contribution in [3.8, 4) is 5.69 Å². The minimum Gasteiger partial charge on any atom is -0.354 e. The van der Waals surface area contributed by atoms with Crippen molar-refractivity contribution in [1.29, 1.82) is 0 Å². The van der Waals surface area contributed by atoms with Crippen molar-refractivity contribution in [2.45, 2.75) is 19.1 Å². The summed E-state index contributed by atoms with van der Waals surface area (Å²) in [6, 6.07) is 7.37. The number of carbonyl (C=O) groups is 1. The number of fused-ring (bicyclic) bond motifs is 1. The third-order valence-corrected chi connectivity index (χ3v) is 5.00. The van der Waals surface area contributed by atoms with Gasteiger partial charge in [0.15, 0.2) is 0 Å². The number of aromatic nitrogens is 4. The van der Waals surface area contributed by atoms with Gasteiger partial charge >= 0.3 is 0 Å². The first-order valence-corrected chi connectivity index (χ1v) is 8.85. The molecule has 5 rings (SSSR count). The highest BCUT2D eigenvalue weighted by atomic mass is 19.1. The second-order valence-electron chi connectivity index (χ2n) is 6.74. The van der Waals surface area contributed by atoms with Gasteiger partial charge in [-0.15, -0.1) is 0 Å². The lowest BCUT2D eigenvalue weighted by atomic mass is 10.3. The molecule has 3 aromatic heterocycles. The maximum atomic E-state index is 13.4. The summed E-state index contributed by atoms with van der Waals surface area (Å²) in [5.41, 5.74) is 2.91. The van der Waals surface area contributed by atoms with E-state index in [0.29, 0.717) is 31.6 Å². The second-order valence-corrected chi connectivity index (χ2v) is 6.74. The molecule has 27 heavy (non-hydrogen) atoms. The first kappa shape index (κ1) is 15.9. The molecule has 0 N–H and O–H groups in total. The lowest BCUT2D eigenvalue weighted by molar-refractivity contribution is 0.0996. The van der Waals surface area contributed by atoms with Crippen LogP contribution in [0.15, 0.2) is 49.1 Å². The molecule has 3 aromatic rings. The largest absolute Gasteiger partial charge is 0.354 e. The van der Waals surface area contributed by atoms with Gasteiger partial charge in [-0.05, 0) is 30.7 Å². The highest BCUT2D eigenvalue weighted by Gasteiger charge is 2.32. The molecule has 0 aliphatic carbocycles. The minimum atomic E-state index is -0.782. The van der Waals surface area contributed by atoms with Crippen molar-refractivity contribution >= 4 is 17.4 Å². The fourth-order valence-electron chi connectivity index (χ4n) is 3.56.